The third-order valence-electron chi connectivity index (χ3n) is 2.42. The largest absolute Gasteiger partial charge is 0.273 e. The second-order valence-electron chi connectivity index (χ2n) is 3.84. The molecule has 0 aliphatic heterocycles. The maximum absolute atomic E-state index is 11.7. The quantitative estimate of drug-likeness (QED) is 0.811. The number of halogens is 2. The number of hydrazine groups is 1. The molecular formula is C11H10Cl2N2O2. The zero-order chi connectivity index (χ0) is 12.4. The van der Waals surface area contributed by atoms with Crippen molar-refractivity contribution >= 4 is 35.0 Å². The van der Waals surface area contributed by atoms with Gasteiger partial charge in [-0.1, -0.05) is 23.2 Å². The number of hydrogen-bond acceptors (Lipinski definition) is 2. The first-order valence-electron chi connectivity index (χ1n) is 5.13. The fourth-order valence-corrected chi connectivity index (χ4v) is 1.68. The van der Waals surface area contributed by atoms with Crippen molar-refractivity contribution in [2.45, 2.75) is 12.8 Å². The highest BCUT2D eigenvalue weighted by Crippen LogP contribution is 2.28. The molecule has 0 heterocycles. The van der Waals surface area contributed by atoms with Crippen LogP contribution in [0.5, 0.6) is 0 Å². The van der Waals surface area contributed by atoms with Crippen LogP contribution in [0, 0.1) is 5.92 Å². The van der Waals surface area contributed by atoms with Crippen molar-refractivity contribution in [3.8, 4) is 0 Å². The summed E-state index contributed by atoms with van der Waals surface area (Å²) in [5.41, 5.74) is 4.89. The minimum atomic E-state index is -0.480. The zero-order valence-electron chi connectivity index (χ0n) is 8.80. The minimum Gasteiger partial charge on any atom is -0.273 e. The fourth-order valence-electron chi connectivity index (χ4n) is 1.30. The molecule has 4 nitrogen and oxygen atoms in total. The number of benzene rings is 1. The standard InChI is InChI=1S/C11H10Cl2N2O2/c12-7-3-4-9(13)8(5-7)11(17)15-14-10(16)6-1-2-6/h3-6H,1-2H2,(H,14,16)(H,15,17). The molecule has 2 amide bonds. The lowest BCUT2D eigenvalue weighted by atomic mass is 10.2. The monoisotopic (exact) mass is 272 g/mol. The van der Waals surface area contributed by atoms with Gasteiger partial charge in [0.25, 0.3) is 5.91 Å². The molecule has 1 aromatic rings. The SMILES string of the molecule is O=C(NNC(=O)C1CC1)c1cc(Cl)ccc1Cl. The Bertz CT molecular complexity index is 473. The van der Waals surface area contributed by atoms with Crippen LogP contribution in [0.4, 0.5) is 0 Å². The Hall–Kier alpha value is -1.26. The lowest BCUT2D eigenvalue weighted by molar-refractivity contribution is -0.123. The van der Waals surface area contributed by atoms with E-state index in [4.69, 9.17) is 23.2 Å². The van der Waals surface area contributed by atoms with Gasteiger partial charge in [-0.3, -0.25) is 20.4 Å². The highest BCUT2D eigenvalue weighted by Gasteiger charge is 2.29. The smallest absolute Gasteiger partial charge is 0.271 e. The summed E-state index contributed by atoms with van der Waals surface area (Å²) in [5.74, 6) is -0.617. The van der Waals surface area contributed by atoms with Gasteiger partial charge in [-0.15, -0.1) is 0 Å². The summed E-state index contributed by atoms with van der Waals surface area (Å²) >= 11 is 11.6. The van der Waals surface area contributed by atoms with Gasteiger partial charge in [-0.05, 0) is 31.0 Å². The van der Waals surface area contributed by atoms with Crippen molar-refractivity contribution in [3.05, 3.63) is 33.8 Å². The Kier molecular flexibility index (Phi) is 3.54. The maximum atomic E-state index is 11.7. The summed E-state index contributed by atoms with van der Waals surface area (Å²) in [6.45, 7) is 0. The predicted octanol–water partition coefficient (Wildman–Crippen LogP) is 2.16. The van der Waals surface area contributed by atoms with Crippen LogP contribution < -0.4 is 10.9 Å². The van der Waals surface area contributed by atoms with E-state index in [1.165, 1.54) is 12.1 Å². The first-order valence-corrected chi connectivity index (χ1v) is 5.89. The topological polar surface area (TPSA) is 58.2 Å². The maximum Gasteiger partial charge on any atom is 0.271 e. The molecule has 1 fully saturated rings. The van der Waals surface area contributed by atoms with E-state index >= 15 is 0 Å². The van der Waals surface area contributed by atoms with Crippen molar-refractivity contribution in [3.63, 3.8) is 0 Å². The van der Waals surface area contributed by atoms with Crippen LogP contribution in [-0.2, 0) is 4.79 Å². The predicted molar refractivity (Wildman–Crippen MR) is 64.8 cm³/mol. The molecule has 1 aliphatic rings. The molecule has 0 atom stereocenters. The number of carbonyl (C=O) groups excluding carboxylic acids is 2. The molecule has 0 saturated heterocycles. The van der Waals surface area contributed by atoms with Gasteiger partial charge in [0.1, 0.15) is 0 Å². The second-order valence-corrected chi connectivity index (χ2v) is 4.69. The van der Waals surface area contributed by atoms with E-state index in [0.29, 0.717) is 5.02 Å². The molecule has 0 aromatic heterocycles. The molecule has 6 heteroatoms. The number of hydrogen-bond donors (Lipinski definition) is 2. The molecule has 17 heavy (non-hydrogen) atoms. The Morgan fingerprint density at radius 2 is 1.88 bits per heavy atom. The molecule has 0 unspecified atom stereocenters. The third-order valence-corrected chi connectivity index (χ3v) is 2.99. The zero-order valence-corrected chi connectivity index (χ0v) is 10.3. The summed E-state index contributed by atoms with van der Waals surface area (Å²) in [6.07, 6.45) is 1.75. The van der Waals surface area contributed by atoms with Gasteiger partial charge in [0, 0.05) is 10.9 Å². The van der Waals surface area contributed by atoms with Crippen LogP contribution in [-0.4, -0.2) is 11.8 Å². The lowest BCUT2D eigenvalue weighted by Gasteiger charge is -2.08. The molecular weight excluding hydrogens is 263 g/mol. The molecule has 2 N–H and O–H groups in total. The fraction of sp³-hybridized carbons (Fsp3) is 0.273. The van der Waals surface area contributed by atoms with E-state index < -0.39 is 5.91 Å². The van der Waals surface area contributed by atoms with Crippen LogP contribution in [0.1, 0.15) is 23.2 Å². The summed E-state index contributed by atoms with van der Waals surface area (Å²) in [5, 5.41) is 0.695. The highest BCUT2D eigenvalue weighted by molar-refractivity contribution is 6.35. The van der Waals surface area contributed by atoms with Gasteiger partial charge in [-0.25, -0.2) is 0 Å². The first-order chi connectivity index (χ1) is 8.08. The number of rotatable bonds is 2. The average molecular weight is 273 g/mol. The van der Waals surface area contributed by atoms with Gasteiger partial charge in [0.15, 0.2) is 0 Å². The summed E-state index contributed by atoms with van der Waals surface area (Å²) in [7, 11) is 0. The third kappa shape index (κ3) is 3.11. The van der Waals surface area contributed by atoms with Crippen LogP contribution in [0.2, 0.25) is 10.0 Å². The van der Waals surface area contributed by atoms with Crippen LogP contribution >= 0.6 is 23.2 Å². The van der Waals surface area contributed by atoms with E-state index in [0.717, 1.165) is 12.8 Å². The normalized spacial score (nSPS) is 14.2. The number of nitrogens with one attached hydrogen (secondary N) is 2. The van der Waals surface area contributed by atoms with Crippen molar-refractivity contribution in [2.24, 2.45) is 5.92 Å². The molecule has 0 bridgehead atoms. The molecule has 1 saturated carbocycles. The summed E-state index contributed by atoms with van der Waals surface area (Å²) in [6, 6.07) is 4.56. The lowest BCUT2D eigenvalue weighted by Crippen LogP contribution is -2.42. The summed E-state index contributed by atoms with van der Waals surface area (Å²) in [4.78, 5) is 23.0. The van der Waals surface area contributed by atoms with Crippen molar-refractivity contribution < 1.29 is 9.59 Å². The van der Waals surface area contributed by atoms with E-state index in [9.17, 15) is 9.59 Å². The Morgan fingerprint density at radius 3 is 2.53 bits per heavy atom. The van der Waals surface area contributed by atoms with Crippen LogP contribution in [0.15, 0.2) is 18.2 Å². The van der Waals surface area contributed by atoms with E-state index in [1.807, 2.05) is 0 Å². The van der Waals surface area contributed by atoms with Crippen molar-refractivity contribution in [2.75, 3.05) is 0 Å². The van der Waals surface area contributed by atoms with Gasteiger partial charge < -0.3 is 0 Å². The summed E-state index contributed by atoms with van der Waals surface area (Å²) < 4.78 is 0. The van der Waals surface area contributed by atoms with Gasteiger partial charge >= 0.3 is 0 Å². The highest BCUT2D eigenvalue weighted by atomic mass is 35.5. The first kappa shape index (κ1) is 12.2. The van der Waals surface area contributed by atoms with Gasteiger partial charge in [0.05, 0.1) is 10.6 Å². The average Bonchev–Trinajstić information content (AvgIpc) is 3.12. The van der Waals surface area contributed by atoms with Crippen LogP contribution in [0.3, 0.4) is 0 Å². The number of carbonyl (C=O) groups is 2. The van der Waals surface area contributed by atoms with Crippen LogP contribution in [0.25, 0.3) is 0 Å². The van der Waals surface area contributed by atoms with Crippen molar-refractivity contribution in [1.82, 2.24) is 10.9 Å². The molecule has 90 valence electrons. The molecule has 0 radical (unpaired) electrons. The second kappa shape index (κ2) is 4.94. The minimum absolute atomic E-state index is 0.0325. The molecule has 1 aromatic carbocycles. The Morgan fingerprint density at radius 1 is 1.18 bits per heavy atom. The Balaban J connectivity index is 1.98. The number of amides is 2. The van der Waals surface area contributed by atoms with Crippen molar-refractivity contribution in [1.29, 1.82) is 0 Å². The van der Waals surface area contributed by atoms with E-state index in [2.05, 4.69) is 10.9 Å². The molecule has 1 aliphatic carbocycles. The van der Waals surface area contributed by atoms with E-state index in [1.54, 1.807) is 6.07 Å². The van der Waals surface area contributed by atoms with E-state index in [-0.39, 0.29) is 22.4 Å². The van der Waals surface area contributed by atoms with Gasteiger partial charge in [-0.2, -0.15) is 0 Å². The van der Waals surface area contributed by atoms with Gasteiger partial charge in [0.2, 0.25) is 5.91 Å². The Labute approximate surface area is 108 Å². The molecule has 0 spiro atoms. The molecule has 2 rings (SSSR count).